The van der Waals surface area contributed by atoms with Crippen LogP contribution >= 0.6 is 15.9 Å². The van der Waals surface area contributed by atoms with Gasteiger partial charge in [-0.15, -0.1) is 13.2 Å². The zero-order valence-electron chi connectivity index (χ0n) is 10.7. The van der Waals surface area contributed by atoms with Crippen molar-refractivity contribution in [1.29, 1.82) is 0 Å². The lowest BCUT2D eigenvalue weighted by molar-refractivity contribution is -0.275. The molecule has 0 bridgehead atoms. The Labute approximate surface area is 123 Å². The highest BCUT2D eigenvalue weighted by atomic mass is 79.9. The van der Waals surface area contributed by atoms with Crippen LogP contribution in [-0.4, -0.2) is 19.5 Å². The Hall–Kier alpha value is -0.790. The maximum Gasteiger partial charge on any atom is 0.573 e. The van der Waals surface area contributed by atoms with Crippen molar-refractivity contribution in [2.24, 2.45) is 11.7 Å². The fourth-order valence-electron chi connectivity index (χ4n) is 2.45. The molecule has 0 spiro atoms. The van der Waals surface area contributed by atoms with E-state index in [1.165, 1.54) is 12.1 Å². The van der Waals surface area contributed by atoms with Crippen molar-refractivity contribution in [3.8, 4) is 5.75 Å². The van der Waals surface area contributed by atoms with Crippen molar-refractivity contribution in [3.63, 3.8) is 0 Å². The largest absolute Gasteiger partial charge is 0.573 e. The topological polar surface area (TPSA) is 47.3 Å². The van der Waals surface area contributed by atoms with Gasteiger partial charge in [-0.3, -0.25) is 0 Å². The fraction of sp³-hybridized carbons (Fsp3) is 0.538. The molecule has 0 radical (unpaired) electrons. The summed E-state index contributed by atoms with van der Waals surface area (Å²) in [6.07, 6.45) is -3.02. The van der Waals surface area contributed by atoms with E-state index >= 15 is 0 Å². The molecule has 0 saturated carbocycles. The summed E-state index contributed by atoms with van der Waals surface area (Å²) in [5.74, 6) is -0.0622. The highest BCUT2D eigenvalue weighted by Gasteiger charge is 2.34. The van der Waals surface area contributed by atoms with Crippen molar-refractivity contribution in [3.05, 3.63) is 28.2 Å². The van der Waals surface area contributed by atoms with E-state index in [1.54, 1.807) is 6.07 Å². The van der Waals surface area contributed by atoms with Crippen molar-refractivity contribution in [2.75, 3.05) is 13.1 Å². The molecule has 1 aliphatic rings. The van der Waals surface area contributed by atoms with Crippen molar-refractivity contribution in [2.45, 2.75) is 25.2 Å². The predicted molar refractivity (Wildman–Crippen MR) is 73.3 cm³/mol. The molecule has 0 aliphatic carbocycles. The number of benzene rings is 1. The number of nitrogens with two attached hydrogens (primary N) is 1. The molecule has 3 nitrogen and oxygen atoms in total. The normalized spacial score (nSPS) is 18.9. The van der Waals surface area contributed by atoms with Gasteiger partial charge in [-0.25, -0.2) is 0 Å². The lowest BCUT2D eigenvalue weighted by atomic mass is 9.86. The van der Waals surface area contributed by atoms with Gasteiger partial charge in [0.25, 0.3) is 0 Å². The van der Waals surface area contributed by atoms with Crippen LogP contribution in [0.15, 0.2) is 22.7 Å². The second-order valence-electron chi connectivity index (χ2n) is 4.84. The molecule has 1 aromatic carbocycles. The van der Waals surface area contributed by atoms with Crippen LogP contribution in [0.2, 0.25) is 0 Å². The minimum atomic E-state index is -4.71. The van der Waals surface area contributed by atoms with Crippen LogP contribution < -0.4 is 15.8 Å². The molecule has 3 N–H and O–H groups in total. The number of nitrogens with one attached hydrogen (secondary N) is 1. The molecule has 0 aromatic heterocycles. The maximum atomic E-state index is 12.4. The molecule has 112 valence electrons. The number of rotatable bonds is 3. The quantitative estimate of drug-likeness (QED) is 0.876. The van der Waals surface area contributed by atoms with Gasteiger partial charge in [0.15, 0.2) is 0 Å². The van der Waals surface area contributed by atoms with Crippen LogP contribution in [0.4, 0.5) is 13.2 Å². The molecule has 2 rings (SSSR count). The number of hydrogen-bond donors (Lipinski definition) is 2. The van der Waals surface area contributed by atoms with Crippen molar-refractivity contribution >= 4 is 15.9 Å². The van der Waals surface area contributed by atoms with Gasteiger partial charge in [0.2, 0.25) is 0 Å². The van der Waals surface area contributed by atoms with Crippen LogP contribution in [0.1, 0.15) is 24.4 Å². The minimum Gasteiger partial charge on any atom is -0.405 e. The maximum absolute atomic E-state index is 12.4. The van der Waals surface area contributed by atoms with Gasteiger partial charge in [0.1, 0.15) is 5.75 Å². The first kappa shape index (κ1) is 15.6. The third kappa shape index (κ3) is 4.10. The molecule has 1 fully saturated rings. The third-order valence-corrected chi connectivity index (χ3v) is 3.94. The van der Waals surface area contributed by atoms with E-state index < -0.39 is 12.4 Å². The van der Waals surface area contributed by atoms with Gasteiger partial charge in [-0.1, -0.05) is 15.9 Å². The monoisotopic (exact) mass is 352 g/mol. The smallest absolute Gasteiger partial charge is 0.405 e. The molecule has 1 aliphatic heterocycles. The van der Waals surface area contributed by atoms with E-state index in [0.29, 0.717) is 10.0 Å². The number of alkyl halides is 3. The van der Waals surface area contributed by atoms with E-state index in [9.17, 15) is 13.2 Å². The molecule has 20 heavy (non-hydrogen) atoms. The Morgan fingerprint density at radius 2 is 1.95 bits per heavy atom. The van der Waals surface area contributed by atoms with E-state index in [4.69, 9.17) is 5.73 Å². The molecular weight excluding hydrogens is 337 g/mol. The van der Waals surface area contributed by atoms with Gasteiger partial charge < -0.3 is 15.8 Å². The molecule has 1 saturated heterocycles. The molecule has 0 unspecified atom stereocenters. The standard InChI is InChI=1S/C13H16BrF3N2O/c14-9-1-2-11(20-13(15,16)17)10(7-9)12(18)8-3-5-19-6-4-8/h1-2,7-8,12,19H,3-6,18H2/t12-/m1/s1. The van der Waals surface area contributed by atoms with E-state index in [-0.39, 0.29) is 11.7 Å². The second-order valence-corrected chi connectivity index (χ2v) is 5.76. The van der Waals surface area contributed by atoms with E-state index in [0.717, 1.165) is 25.9 Å². The Kier molecular flexibility index (Phi) is 4.93. The predicted octanol–water partition coefficient (Wildman–Crippen LogP) is 3.35. The van der Waals surface area contributed by atoms with Gasteiger partial charge in [-0.2, -0.15) is 0 Å². The summed E-state index contributed by atoms with van der Waals surface area (Å²) < 4.78 is 42.1. The number of ether oxygens (including phenoxy) is 1. The summed E-state index contributed by atoms with van der Waals surface area (Å²) in [4.78, 5) is 0. The zero-order valence-corrected chi connectivity index (χ0v) is 12.3. The lowest BCUT2D eigenvalue weighted by Crippen LogP contribution is -2.34. The van der Waals surface area contributed by atoms with Crippen LogP contribution in [0, 0.1) is 5.92 Å². The number of halogens is 4. The Morgan fingerprint density at radius 3 is 2.55 bits per heavy atom. The summed E-state index contributed by atoms with van der Waals surface area (Å²) in [5.41, 5.74) is 6.55. The van der Waals surface area contributed by atoms with Crippen molar-refractivity contribution < 1.29 is 17.9 Å². The Balaban J connectivity index is 2.25. The Bertz CT molecular complexity index is 461. The molecular formula is C13H16BrF3N2O. The summed E-state index contributed by atoms with van der Waals surface area (Å²) in [6, 6.07) is 3.95. The van der Waals surface area contributed by atoms with Gasteiger partial charge >= 0.3 is 6.36 Å². The fourth-order valence-corrected chi connectivity index (χ4v) is 2.83. The molecule has 7 heteroatoms. The van der Waals surface area contributed by atoms with Gasteiger partial charge in [0.05, 0.1) is 0 Å². The SMILES string of the molecule is N[C@@H](c1cc(Br)ccc1OC(F)(F)F)C1CCNCC1. The first-order valence-corrected chi connectivity index (χ1v) is 7.17. The van der Waals surface area contributed by atoms with Crippen LogP contribution in [-0.2, 0) is 0 Å². The average Bonchev–Trinajstić information content (AvgIpc) is 2.39. The summed E-state index contributed by atoms with van der Waals surface area (Å²) >= 11 is 3.26. The summed E-state index contributed by atoms with van der Waals surface area (Å²) in [6.45, 7) is 1.67. The third-order valence-electron chi connectivity index (χ3n) is 3.45. The number of piperidine rings is 1. The molecule has 1 atom stereocenters. The minimum absolute atomic E-state index is 0.154. The lowest BCUT2D eigenvalue weighted by Gasteiger charge is -2.29. The first-order chi connectivity index (χ1) is 9.37. The van der Waals surface area contributed by atoms with Crippen LogP contribution in [0.3, 0.4) is 0 Å². The van der Waals surface area contributed by atoms with E-state index in [1.807, 2.05) is 0 Å². The van der Waals surface area contributed by atoms with Crippen LogP contribution in [0.25, 0.3) is 0 Å². The zero-order chi connectivity index (χ0) is 14.8. The summed E-state index contributed by atoms with van der Waals surface area (Å²) in [7, 11) is 0. The molecule has 1 heterocycles. The van der Waals surface area contributed by atoms with Crippen LogP contribution in [0.5, 0.6) is 5.75 Å². The van der Waals surface area contributed by atoms with Gasteiger partial charge in [0, 0.05) is 16.1 Å². The van der Waals surface area contributed by atoms with Crippen molar-refractivity contribution in [1.82, 2.24) is 5.32 Å². The first-order valence-electron chi connectivity index (χ1n) is 6.38. The molecule has 1 aromatic rings. The average molecular weight is 353 g/mol. The highest BCUT2D eigenvalue weighted by molar-refractivity contribution is 9.10. The second kappa shape index (κ2) is 6.32. The highest BCUT2D eigenvalue weighted by Crippen LogP contribution is 2.36. The Morgan fingerprint density at radius 1 is 1.30 bits per heavy atom. The molecule has 0 amide bonds. The van der Waals surface area contributed by atoms with E-state index in [2.05, 4.69) is 26.0 Å². The number of hydrogen-bond acceptors (Lipinski definition) is 3. The summed E-state index contributed by atoms with van der Waals surface area (Å²) in [5, 5.41) is 3.21. The van der Waals surface area contributed by atoms with Gasteiger partial charge in [-0.05, 0) is 50.0 Å².